The lowest BCUT2D eigenvalue weighted by Gasteiger charge is -2.39. The quantitative estimate of drug-likeness (QED) is 0.229. The van der Waals surface area contributed by atoms with Crippen molar-refractivity contribution in [2.45, 2.75) is 63.8 Å². The zero-order valence-electron chi connectivity index (χ0n) is 29.2. The van der Waals surface area contributed by atoms with Crippen molar-refractivity contribution in [3.8, 4) is 5.75 Å². The third kappa shape index (κ3) is 6.13. The van der Waals surface area contributed by atoms with Crippen LogP contribution in [0.1, 0.15) is 36.5 Å². The molecule has 2 bridgehead atoms. The number of hydrogen-bond donors (Lipinski definition) is 1. The summed E-state index contributed by atoms with van der Waals surface area (Å²) >= 11 is 0. The van der Waals surface area contributed by atoms with Gasteiger partial charge in [-0.2, -0.15) is 0 Å². The topological polar surface area (TPSA) is 99.6 Å². The molecule has 3 amide bonds. The zero-order valence-corrected chi connectivity index (χ0v) is 29.2. The third-order valence-corrected chi connectivity index (χ3v) is 10.4. The largest absolute Gasteiger partial charge is 0.494 e. The van der Waals surface area contributed by atoms with Gasteiger partial charge in [0.2, 0.25) is 11.8 Å². The van der Waals surface area contributed by atoms with Gasteiger partial charge in [-0.15, -0.1) is 13.2 Å². The molecule has 6 atom stereocenters. The van der Waals surface area contributed by atoms with Crippen molar-refractivity contribution >= 4 is 29.1 Å². The summed E-state index contributed by atoms with van der Waals surface area (Å²) in [6.07, 6.45) is 4.08. The minimum absolute atomic E-state index is 0.210. The Balaban J connectivity index is 1.44. The van der Waals surface area contributed by atoms with Crippen LogP contribution in [-0.2, 0) is 25.5 Å². The Morgan fingerprint density at radius 3 is 2.38 bits per heavy atom. The SMILES string of the molecule is C=CCN(C(=O)[C@@H]1[C@H]2C(=O)N([C@@H](CO)Cc3ccccc3)C(C(=O)N(CC=C)c3cc(C)ccc3C)C23CC[C@H]1O3)c1ccc(OCC)cc1. The molecule has 9 heteroatoms. The van der Waals surface area contributed by atoms with Crippen molar-refractivity contribution in [1.29, 1.82) is 0 Å². The van der Waals surface area contributed by atoms with E-state index in [0.717, 1.165) is 22.4 Å². The molecule has 3 aromatic rings. The maximum atomic E-state index is 15.2. The molecule has 0 radical (unpaired) electrons. The van der Waals surface area contributed by atoms with Gasteiger partial charge in [0.05, 0.1) is 37.2 Å². The minimum Gasteiger partial charge on any atom is -0.494 e. The number of aliphatic hydroxyl groups excluding tert-OH is 1. The van der Waals surface area contributed by atoms with Crippen LogP contribution < -0.4 is 14.5 Å². The van der Waals surface area contributed by atoms with Crippen LogP contribution in [0.2, 0.25) is 0 Å². The highest BCUT2D eigenvalue weighted by atomic mass is 16.5. The van der Waals surface area contributed by atoms with Crippen molar-refractivity contribution in [2.24, 2.45) is 11.8 Å². The van der Waals surface area contributed by atoms with Gasteiger partial charge in [0.1, 0.15) is 17.4 Å². The van der Waals surface area contributed by atoms with Gasteiger partial charge in [-0.3, -0.25) is 14.4 Å². The first-order valence-electron chi connectivity index (χ1n) is 17.5. The van der Waals surface area contributed by atoms with Gasteiger partial charge in [-0.05, 0) is 87.1 Å². The lowest BCUT2D eigenvalue weighted by molar-refractivity contribution is -0.144. The normalized spacial score (nSPS) is 24.1. The summed E-state index contributed by atoms with van der Waals surface area (Å²) in [5.41, 5.74) is 2.93. The van der Waals surface area contributed by atoms with E-state index in [9.17, 15) is 14.7 Å². The average Bonchev–Trinajstić information content (AvgIpc) is 3.77. The van der Waals surface area contributed by atoms with E-state index in [1.54, 1.807) is 26.9 Å². The molecule has 1 spiro atoms. The number of likely N-dealkylation sites (tertiary alicyclic amines) is 1. The van der Waals surface area contributed by atoms with Crippen LogP contribution in [0.15, 0.2) is 98.1 Å². The fraction of sp³-hybridized carbons (Fsp3) is 0.390. The van der Waals surface area contributed by atoms with E-state index in [-0.39, 0.29) is 37.4 Å². The minimum atomic E-state index is -1.25. The van der Waals surface area contributed by atoms with Crippen LogP contribution in [0.25, 0.3) is 0 Å². The van der Waals surface area contributed by atoms with Crippen molar-refractivity contribution < 1.29 is 29.0 Å². The highest BCUT2D eigenvalue weighted by molar-refractivity contribution is 6.07. The molecular weight excluding hydrogens is 630 g/mol. The standard InChI is InChI=1S/C41H47N3O6/c1-6-22-42(30-16-18-32(19-17-30)49-8-3)38(46)35-34-20-21-41(50-34)36(35)39(47)44(31(26-45)25-29-12-10-9-11-13-29)37(41)40(48)43(23-7-2)33-24-27(4)14-15-28(33)5/h6-7,9-19,24,31,34-37,45H,1-2,8,20-23,25-26H2,3-5H3/t31-,34-,35+,36+,37?,41?/m1/s1. The maximum Gasteiger partial charge on any atom is 0.253 e. The first-order chi connectivity index (χ1) is 24.2. The molecule has 0 saturated carbocycles. The van der Waals surface area contributed by atoms with E-state index in [0.29, 0.717) is 37.3 Å². The molecule has 3 aliphatic heterocycles. The van der Waals surface area contributed by atoms with E-state index in [1.165, 1.54) is 0 Å². The fourth-order valence-corrected chi connectivity index (χ4v) is 8.30. The summed E-state index contributed by atoms with van der Waals surface area (Å²) < 4.78 is 12.4. The van der Waals surface area contributed by atoms with Gasteiger partial charge in [-0.25, -0.2) is 0 Å². The molecule has 3 heterocycles. The van der Waals surface area contributed by atoms with Gasteiger partial charge in [0.25, 0.3) is 5.91 Å². The maximum absolute atomic E-state index is 15.2. The van der Waals surface area contributed by atoms with Crippen LogP contribution in [0, 0.1) is 25.7 Å². The second kappa shape index (κ2) is 14.6. The lowest BCUT2D eigenvalue weighted by Crippen LogP contribution is -2.59. The van der Waals surface area contributed by atoms with Crippen molar-refractivity contribution in [1.82, 2.24) is 4.90 Å². The van der Waals surface area contributed by atoms with E-state index in [2.05, 4.69) is 13.2 Å². The van der Waals surface area contributed by atoms with E-state index < -0.39 is 35.6 Å². The predicted molar refractivity (Wildman–Crippen MR) is 194 cm³/mol. The molecule has 0 aromatic heterocycles. The lowest BCUT2D eigenvalue weighted by atomic mass is 9.70. The van der Waals surface area contributed by atoms with Gasteiger partial charge >= 0.3 is 0 Å². The summed E-state index contributed by atoms with van der Waals surface area (Å²) in [5, 5.41) is 10.9. The Kier molecular flexibility index (Phi) is 10.3. The monoisotopic (exact) mass is 677 g/mol. The molecule has 2 unspecified atom stereocenters. The highest BCUT2D eigenvalue weighted by Crippen LogP contribution is 2.59. The molecule has 3 saturated heterocycles. The zero-order chi connectivity index (χ0) is 35.6. The number of rotatable bonds is 14. The van der Waals surface area contributed by atoms with Gasteiger partial charge in [0.15, 0.2) is 0 Å². The van der Waals surface area contributed by atoms with E-state index in [4.69, 9.17) is 9.47 Å². The summed E-state index contributed by atoms with van der Waals surface area (Å²) in [6, 6.07) is 21.0. The summed E-state index contributed by atoms with van der Waals surface area (Å²) in [5.74, 6) is -1.96. The predicted octanol–water partition coefficient (Wildman–Crippen LogP) is 5.42. The number of carbonyl (C=O) groups is 3. The third-order valence-electron chi connectivity index (χ3n) is 10.4. The van der Waals surface area contributed by atoms with Crippen LogP contribution in [0.5, 0.6) is 5.75 Å². The van der Waals surface area contributed by atoms with Crippen LogP contribution in [-0.4, -0.2) is 77.8 Å². The number of aliphatic hydroxyl groups is 1. The Labute approximate surface area is 294 Å². The number of carbonyl (C=O) groups excluding carboxylic acids is 3. The molecule has 3 aliphatic rings. The molecule has 0 aliphatic carbocycles. The number of anilines is 2. The van der Waals surface area contributed by atoms with Crippen molar-refractivity contribution in [3.63, 3.8) is 0 Å². The van der Waals surface area contributed by atoms with E-state index in [1.807, 2.05) is 93.6 Å². The number of hydrogen-bond acceptors (Lipinski definition) is 6. The molecule has 1 N–H and O–H groups in total. The number of nitrogens with zero attached hydrogens (tertiary/aromatic N) is 3. The van der Waals surface area contributed by atoms with Gasteiger partial charge < -0.3 is 29.3 Å². The first-order valence-corrected chi connectivity index (χ1v) is 17.5. The van der Waals surface area contributed by atoms with Gasteiger partial charge in [0, 0.05) is 24.5 Å². The Hall–Kier alpha value is -4.73. The van der Waals surface area contributed by atoms with Crippen molar-refractivity contribution in [3.05, 3.63) is 115 Å². The van der Waals surface area contributed by atoms with Crippen LogP contribution in [0.4, 0.5) is 11.4 Å². The summed E-state index contributed by atoms with van der Waals surface area (Å²) in [6.45, 7) is 14.3. The van der Waals surface area contributed by atoms with E-state index >= 15 is 4.79 Å². The fourth-order valence-electron chi connectivity index (χ4n) is 8.30. The smallest absolute Gasteiger partial charge is 0.253 e. The molecule has 9 nitrogen and oxygen atoms in total. The highest BCUT2D eigenvalue weighted by Gasteiger charge is 2.75. The summed E-state index contributed by atoms with van der Waals surface area (Å²) in [7, 11) is 0. The number of amides is 3. The van der Waals surface area contributed by atoms with Crippen LogP contribution in [0.3, 0.4) is 0 Å². The second-order valence-electron chi connectivity index (χ2n) is 13.5. The first kappa shape index (κ1) is 35.1. The molecular formula is C41H47N3O6. The number of benzene rings is 3. The van der Waals surface area contributed by atoms with Gasteiger partial charge in [-0.1, -0.05) is 54.6 Å². The number of ether oxygens (including phenoxy) is 2. The number of aryl methyl sites for hydroxylation is 2. The molecule has 262 valence electrons. The molecule has 50 heavy (non-hydrogen) atoms. The molecule has 6 rings (SSSR count). The second-order valence-corrected chi connectivity index (χ2v) is 13.5. The van der Waals surface area contributed by atoms with Crippen molar-refractivity contribution in [2.75, 3.05) is 36.1 Å². The Morgan fingerprint density at radius 1 is 1.02 bits per heavy atom. The Morgan fingerprint density at radius 2 is 1.72 bits per heavy atom. The summed E-state index contributed by atoms with van der Waals surface area (Å²) in [4.78, 5) is 49.7. The Bertz CT molecular complexity index is 1740. The molecule has 3 fully saturated rings. The van der Waals surface area contributed by atoms with Crippen LogP contribution >= 0.6 is 0 Å². The molecule has 3 aromatic carbocycles. The number of fused-ring (bicyclic) bond motifs is 1. The average molecular weight is 678 g/mol.